The zero-order valence-electron chi connectivity index (χ0n) is 21.7. The standard InChI is InChI=1S/C26H36IN3O8/c1-3-23(33)30(6-5-29-7-10-37-11-8-29)20-14-18(26(35)28-4-9-31)15-21(24(20)34)38-25-19(27)12-17(16-32)13-22(25)36-2/h12-13,15-16,20-21,24,31,34H,3-11,14H2,1-2H3,(H,28,35)/t20-,21+,24+/m1/s1. The number of carbonyl (C=O) groups excluding carboxylic acids is 3. The normalized spacial score (nSPS) is 21.8. The van der Waals surface area contributed by atoms with Crippen LogP contribution >= 0.6 is 22.6 Å². The fourth-order valence-corrected chi connectivity index (χ4v) is 5.34. The van der Waals surface area contributed by atoms with Gasteiger partial charge in [-0.15, -0.1) is 0 Å². The Balaban J connectivity index is 1.93. The molecule has 210 valence electrons. The van der Waals surface area contributed by atoms with Crippen LogP contribution in [0.5, 0.6) is 11.5 Å². The molecule has 1 saturated heterocycles. The second-order valence-corrected chi connectivity index (χ2v) is 10.2. The van der Waals surface area contributed by atoms with Crippen LogP contribution in [0.3, 0.4) is 0 Å². The monoisotopic (exact) mass is 645 g/mol. The molecule has 3 rings (SSSR count). The molecule has 1 aromatic carbocycles. The number of rotatable bonds is 12. The van der Waals surface area contributed by atoms with Crippen molar-refractivity contribution in [2.24, 2.45) is 0 Å². The minimum atomic E-state index is -1.14. The second kappa shape index (κ2) is 14.8. The number of amides is 2. The first-order chi connectivity index (χ1) is 18.3. The maximum Gasteiger partial charge on any atom is 0.247 e. The quantitative estimate of drug-likeness (QED) is 0.221. The van der Waals surface area contributed by atoms with Crippen LogP contribution in [0.2, 0.25) is 0 Å². The topological polar surface area (TPSA) is 138 Å². The number of benzene rings is 1. The fourth-order valence-electron chi connectivity index (χ4n) is 4.59. The lowest BCUT2D eigenvalue weighted by atomic mass is 9.88. The molecular weight excluding hydrogens is 609 g/mol. The number of nitrogens with one attached hydrogen (secondary N) is 1. The highest BCUT2D eigenvalue weighted by Gasteiger charge is 2.40. The van der Waals surface area contributed by atoms with E-state index in [1.165, 1.54) is 13.2 Å². The van der Waals surface area contributed by atoms with Gasteiger partial charge in [-0.05, 0) is 40.8 Å². The molecule has 0 saturated carbocycles. The highest BCUT2D eigenvalue weighted by Crippen LogP contribution is 2.37. The molecule has 1 heterocycles. The van der Waals surface area contributed by atoms with Crippen molar-refractivity contribution in [2.75, 3.05) is 59.7 Å². The summed E-state index contributed by atoms with van der Waals surface area (Å²) in [5.41, 5.74) is 0.751. The maximum atomic E-state index is 13.1. The van der Waals surface area contributed by atoms with E-state index in [0.29, 0.717) is 58.8 Å². The first-order valence-electron chi connectivity index (χ1n) is 12.7. The highest BCUT2D eigenvalue weighted by atomic mass is 127. The molecule has 2 amide bonds. The van der Waals surface area contributed by atoms with E-state index in [9.17, 15) is 19.5 Å². The van der Waals surface area contributed by atoms with Gasteiger partial charge in [0, 0.05) is 56.7 Å². The average Bonchev–Trinajstić information content (AvgIpc) is 2.94. The number of nitrogens with zero attached hydrogens (tertiary/aromatic N) is 2. The molecule has 1 aliphatic heterocycles. The molecule has 12 heteroatoms. The molecule has 0 bridgehead atoms. The summed E-state index contributed by atoms with van der Waals surface area (Å²) in [4.78, 5) is 41.2. The molecule has 1 fully saturated rings. The van der Waals surface area contributed by atoms with Gasteiger partial charge in [-0.2, -0.15) is 0 Å². The van der Waals surface area contributed by atoms with Crippen molar-refractivity contribution in [1.29, 1.82) is 0 Å². The van der Waals surface area contributed by atoms with Crippen molar-refractivity contribution in [1.82, 2.24) is 15.1 Å². The average molecular weight is 645 g/mol. The van der Waals surface area contributed by atoms with Crippen LogP contribution in [-0.4, -0.2) is 116 Å². The zero-order chi connectivity index (χ0) is 27.7. The van der Waals surface area contributed by atoms with Gasteiger partial charge in [-0.1, -0.05) is 6.92 Å². The largest absolute Gasteiger partial charge is 0.493 e. The lowest BCUT2D eigenvalue weighted by Crippen LogP contribution is -2.56. The van der Waals surface area contributed by atoms with Crippen molar-refractivity contribution < 1.29 is 38.8 Å². The van der Waals surface area contributed by atoms with Gasteiger partial charge in [-0.3, -0.25) is 19.3 Å². The Bertz CT molecular complexity index is 1010. The Hall–Kier alpha value is -2.26. The first-order valence-corrected chi connectivity index (χ1v) is 13.8. The van der Waals surface area contributed by atoms with Gasteiger partial charge in [0.1, 0.15) is 18.5 Å². The molecule has 2 aliphatic rings. The van der Waals surface area contributed by atoms with Crippen LogP contribution in [-0.2, 0) is 14.3 Å². The van der Waals surface area contributed by atoms with Crippen LogP contribution in [0.1, 0.15) is 30.1 Å². The SMILES string of the molecule is CCC(=O)N(CCN1CCOCC1)[C@@H]1CC(C(=O)NCCO)=C[C@H](Oc2c(I)cc(C=O)cc2OC)[C@H]1O. The van der Waals surface area contributed by atoms with Gasteiger partial charge in [0.25, 0.3) is 0 Å². The molecule has 3 atom stereocenters. The number of aliphatic hydroxyl groups excluding tert-OH is 2. The van der Waals surface area contributed by atoms with Crippen molar-refractivity contribution in [3.63, 3.8) is 0 Å². The smallest absolute Gasteiger partial charge is 0.247 e. The van der Waals surface area contributed by atoms with E-state index >= 15 is 0 Å². The highest BCUT2D eigenvalue weighted by molar-refractivity contribution is 14.1. The number of methoxy groups -OCH3 is 1. The summed E-state index contributed by atoms with van der Waals surface area (Å²) in [6, 6.07) is 2.45. The second-order valence-electron chi connectivity index (χ2n) is 9.06. The Morgan fingerprint density at radius 3 is 2.68 bits per heavy atom. The predicted octanol–water partition coefficient (Wildman–Crippen LogP) is 0.599. The van der Waals surface area contributed by atoms with Gasteiger partial charge in [0.05, 0.1) is 36.5 Å². The van der Waals surface area contributed by atoms with Gasteiger partial charge in [-0.25, -0.2) is 0 Å². The van der Waals surface area contributed by atoms with Gasteiger partial charge in [0.15, 0.2) is 11.5 Å². The third-order valence-electron chi connectivity index (χ3n) is 6.64. The van der Waals surface area contributed by atoms with Crippen LogP contribution in [0.15, 0.2) is 23.8 Å². The minimum absolute atomic E-state index is 0.0719. The third kappa shape index (κ3) is 7.65. The Kier molecular flexibility index (Phi) is 11.8. The summed E-state index contributed by atoms with van der Waals surface area (Å²) in [5, 5.41) is 23.3. The number of morpholine rings is 1. The summed E-state index contributed by atoms with van der Waals surface area (Å²) < 4.78 is 17.7. The Labute approximate surface area is 236 Å². The molecule has 38 heavy (non-hydrogen) atoms. The Morgan fingerprint density at radius 1 is 1.32 bits per heavy atom. The summed E-state index contributed by atoms with van der Waals surface area (Å²) in [7, 11) is 1.45. The molecule has 1 aromatic rings. The third-order valence-corrected chi connectivity index (χ3v) is 7.44. The lowest BCUT2D eigenvalue weighted by molar-refractivity contribution is -0.138. The number of aldehydes is 1. The molecule has 0 spiro atoms. The fraction of sp³-hybridized carbons (Fsp3) is 0.577. The molecule has 0 radical (unpaired) electrons. The molecule has 0 unspecified atom stereocenters. The van der Waals surface area contributed by atoms with Crippen LogP contribution in [0.4, 0.5) is 0 Å². The summed E-state index contributed by atoms with van der Waals surface area (Å²) in [6.07, 6.45) is 0.497. The van der Waals surface area contributed by atoms with Crippen molar-refractivity contribution in [2.45, 2.75) is 38.0 Å². The van der Waals surface area contributed by atoms with Gasteiger partial charge < -0.3 is 34.6 Å². The summed E-state index contributed by atoms with van der Waals surface area (Å²) in [6.45, 7) is 5.38. The zero-order valence-corrected chi connectivity index (χ0v) is 23.9. The number of hydrogen-bond acceptors (Lipinski definition) is 9. The summed E-state index contributed by atoms with van der Waals surface area (Å²) >= 11 is 2.02. The number of aliphatic hydroxyl groups is 2. The lowest BCUT2D eigenvalue weighted by Gasteiger charge is -2.41. The van der Waals surface area contributed by atoms with Crippen LogP contribution < -0.4 is 14.8 Å². The van der Waals surface area contributed by atoms with Gasteiger partial charge in [0.2, 0.25) is 11.8 Å². The molecule has 11 nitrogen and oxygen atoms in total. The summed E-state index contributed by atoms with van der Waals surface area (Å²) in [5.74, 6) is 0.0819. The molecular formula is C26H36IN3O8. The maximum absolute atomic E-state index is 13.1. The van der Waals surface area contributed by atoms with E-state index in [2.05, 4.69) is 10.2 Å². The van der Waals surface area contributed by atoms with E-state index in [1.807, 2.05) is 22.6 Å². The number of carbonyl (C=O) groups is 3. The van der Waals surface area contributed by atoms with E-state index in [0.717, 1.165) is 13.1 Å². The predicted molar refractivity (Wildman–Crippen MR) is 147 cm³/mol. The van der Waals surface area contributed by atoms with E-state index < -0.39 is 24.2 Å². The van der Waals surface area contributed by atoms with Crippen molar-refractivity contribution in [3.8, 4) is 11.5 Å². The minimum Gasteiger partial charge on any atom is -0.493 e. The molecule has 3 N–H and O–H groups in total. The number of halogens is 1. The number of hydrogen-bond donors (Lipinski definition) is 3. The van der Waals surface area contributed by atoms with Gasteiger partial charge >= 0.3 is 0 Å². The van der Waals surface area contributed by atoms with Crippen molar-refractivity contribution in [3.05, 3.63) is 32.9 Å². The van der Waals surface area contributed by atoms with Crippen LogP contribution in [0.25, 0.3) is 0 Å². The van der Waals surface area contributed by atoms with E-state index in [1.54, 1.807) is 24.0 Å². The van der Waals surface area contributed by atoms with Crippen LogP contribution in [0, 0.1) is 3.57 Å². The molecule has 0 aromatic heterocycles. The van der Waals surface area contributed by atoms with E-state index in [4.69, 9.17) is 19.3 Å². The first kappa shape index (κ1) is 30.3. The van der Waals surface area contributed by atoms with E-state index in [-0.39, 0.29) is 31.9 Å². The number of ether oxygens (including phenoxy) is 3. The Morgan fingerprint density at radius 2 is 2.05 bits per heavy atom. The molecule has 1 aliphatic carbocycles. The van der Waals surface area contributed by atoms with Crippen molar-refractivity contribution >= 4 is 40.7 Å².